The molecule has 0 saturated carbocycles. The van der Waals surface area contributed by atoms with Crippen LogP contribution in [-0.4, -0.2) is 31.7 Å². The van der Waals surface area contributed by atoms with Gasteiger partial charge >= 0.3 is 11.9 Å². The fraction of sp³-hybridized carbons (Fsp3) is 0.364. The summed E-state index contributed by atoms with van der Waals surface area (Å²) in [7, 11) is 0. The Balaban J connectivity index is 2.19. The van der Waals surface area contributed by atoms with Gasteiger partial charge < -0.3 is 14.4 Å². The minimum absolute atomic E-state index is 0.170. The van der Waals surface area contributed by atoms with E-state index in [1.807, 2.05) is 35.2 Å². The van der Waals surface area contributed by atoms with Gasteiger partial charge in [0.1, 0.15) is 0 Å². The van der Waals surface area contributed by atoms with Gasteiger partial charge in [0.05, 0.1) is 30.0 Å². The van der Waals surface area contributed by atoms with E-state index < -0.39 is 23.4 Å². The molecule has 1 atom stereocenters. The summed E-state index contributed by atoms with van der Waals surface area (Å²) in [6, 6.07) is 14.0. The fourth-order valence-corrected chi connectivity index (χ4v) is 4.45. The van der Waals surface area contributed by atoms with E-state index in [9.17, 15) is 9.59 Å². The molecule has 0 N–H and O–H groups in total. The second kappa shape index (κ2) is 9.06. The van der Waals surface area contributed by atoms with E-state index in [-0.39, 0.29) is 19.6 Å². The summed E-state index contributed by atoms with van der Waals surface area (Å²) in [4.78, 5) is 28.3. The number of nitrogens with zero attached hydrogens (tertiary/aromatic N) is 1. The molecule has 1 saturated heterocycles. The molecule has 1 unspecified atom stereocenters. The minimum atomic E-state index is -1.49. The molecule has 1 heterocycles. The molecule has 5 nitrogen and oxygen atoms in total. The van der Waals surface area contributed by atoms with Crippen molar-refractivity contribution in [3.8, 4) is 0 Å². The first-order valence-corrected chi connectivity index (χ1v) is 10.3. The average molecular weight is 436 g/mol. The van der Waals surface area contributed by atoms with E-state index in [0.717, 1.165) is 5.56 Å². The summed E-state index contributed by atoms with van der Waals surface area (Å²) in [6.07, 6.45) is 0.253. The lowest BCUT2D eigenvalue weighted by molar-refractivity contribution is -0.172. The molecular weight excluding hydrogens is 413 g/mol. The summed E-state index contributed by atoms with van der Waals surface area (Å²) >= 11 is 12.5. The molecule has 7 heteroatoms. The van der Waals surface area contributed by atoms with E-state index >= 15 is 0 Å². The highest BCUT2D eigenvalue weighted by Crippen LogP contribution is 2.52. The fourth-order valence-electron chi connectivity index (χ4n) is 3.93. The minimum Gasteiger partial charge on any atom is -0.465 e. The maximum absolute atomic E-state index is 13.2. The number of halogens is 2. The predicted molar refractivity (Wildman–Crippen MR) is 113 cm³/mol. The van der Waals surface area contributed by atoms with Crippen molar-refractivity contribution >= 4 is 40.8 Å². The van der Waals surface area contributed by atoms with Crippen LogP contribution in [0.5, 0.6) is 0 Å². The first-order chi connectivity index (χ1) is 14.0. The Morgan fingerprint density at radius 3 is 2.21 bits per heavy atom. The summed E-state index contributed by atoms with van der Waals surface area (Å²) in [6.45, 7) is 4.21. The number of hydrogen-bond acceptors (Lipinski definition) is 5. The third-order valence-electron chi connectivity index (χ3n) is 5.14. The lowest BCUT2D eigenvalue weighted by Crippen LogP contribution is -2.46. The van der Waals surface area contributed by atoms with Crippen LogP contribution in [0.4, 0.5) is 5.69 Å². The van der Waals surface area contributed by atoms with Crippen LogP contribution in [0.15, 0.2) is 48.5 Å². The van der Waals surface area contributed by atoms with Crippen LogP contribution in [0.25, 0.3) is 0 Å². The maximum Gasteiger partial charge on any atom is 0.326 e. The highest BCUT2D eigenvalue weighted by Gasteiger charge is 2.61. The van der Waals surface area contributed by atoms with Gasteiger partial charge in [-0.2, -0.15) is 0 Å². The molecule has 0 spiro atoms. The lowest BCUT2D eigenvalue weighted by atomic mass is 9.76. The first kappa shape index (κ1) is 21.5. The number of hydrogen-bond donors (Lipinski definition) is 0. The molecule has 1 fully saturated rings. The number of carbonyl (C=O) groups excluding carboxylic acids is 2. The SMILES string of the molecule is CCOC(=O)C1(C(=O)OCC)CCN(c2ccc(Cl)cc2Cl)C1c1ccccc1. The standard InChI is InChI=1S/C22H23Cl2NO4/c1-3-28-20(26)22(21(27)29-4-2)12-13-25(18-11-10-16(23)14-17(18)24)19(22)15-8-6-5-7-9-15/h5-11,14,19H,3-4,12-13H2,1-2H3. The number of anilines is 1. The molecule has 0 amide bonds. The smallest absolute Gasteiger partial charge is 0.326 e. The predicted octanol–water partition coefficient (Wildman–Crippen LogP) is 5.06. The van der Waals surface area contributed by atoms with Crippen molar-refractivity contribution in [3.63, 3.8) is 0 Å². The third kappa shape index (κ3) is 3.94. The number of carbonyl (C=O) groups is 2. The second-order valence-corrected chi connectivity index (χ2v) is 7.61. The molecule has 0 aliphatic carbocycles. The molecule has 2 aromatic carbocycles. The Morgan fingerprint density at radius 2 is 1.66 bits per heavy atom. The Labute approximate surface area is 180 Å². The molecule has 0 aromatic heterocycles. The zero-order valence-corrected chi connectivity index (χ0v) is 17.9. The van der Waals surface area contributed by atoms with Gasteiger partial charge in [-0.3, -0.25) is 9.59 Å². The number of ether oxygens (including phenoxy) is 2. The molecule has 154 valence electrons. The van der Waals surface area contributed by atoms with E-state index in [1.165, 1.54) is 0 Å². The monoisotopic (exact) mass is 435 g/mol. The van der Waals surface area contributed by atoms with Crippen molar-refractivity contribution < 1.29 is 19.1 Å². The summed E-state index contributed by atoms with van der Waals surface area (Å²) < 4.78 is 10.7. The van der Waals surface area contributed by atoms with Gasteiger partial charge in [-0.1, -0.05) is 53.5 Å². The Bertz CT molecular complexity index is 870. The van der Waals surface area contributed by atoms with Gasteiger partial charge in [0, 0.05) is 11.6 Å². The van der Waals surface area contributed by atoms with Crippen LogP contribution < -0.4 is 4.90 Å². The van der Waals surface area contributed by atoms with Gasteiger partial charge in [-0.25, -0.2) is 0 Å². The van der Waals surface area contributed by atoms with Gasteiger partial charge in [0.2, 0.25) is 0 Å². The zero-order valence-electron chi connectivity index (χ0n) is 16.4. The van der Waals surface area contributed by atoms with Crippen LogP contribution in [0.1, 0.15) is 31.9 Å². The first-order valence-electron chi connectivity index (χ1n) is 9.56. The largest absolute Gasteiger partial charge is 0.465 e. The third-order valence-corrected chi connectivity index (χ3v) is 5.68. The Morgan fingerprint density at radius 1 is 1.03 bits per heavy atom. The molecule has 1 aliphatic rings. The molecule has 0 bridgehead atoms. The molecule has 29 heavy (non-hydrogen) atoms. The van der Waals surface area contributed by atoms with Crippen molar-refractivity contribution in [2.75, 3.05) is 24.7 Å². The van der Waals surface area contributed by atoms with Crippen molar-refractivity contribution in [3.05, 3.63) is 64.1 Å². The Kier molecular flexibility index (Phi) is 6.70. The average Bonchev–Trinajstić information content (AvgIpc) is 3.10. The normalized spacial score (nSPS) is 17.8. The van der Waals surface area contributed by atoms with Gasteiger partial charge in [0.15, 0.2) is 5.41 Å². The number of rotatable bonds is 6. The Hall–Kier alpha value is -2.24. The highest BCUT2D eigenvalue weighted by molar-refractivity contribution is 6.36. The van der Waals surface area contributed by atoms with E-state index in [0.29, 0.717) is 22.3 Å². The quantitative estimate of drug-likeness (QED) is 0.468. The van der Waals surface area contributed by atoms with Crippen molar-refractivity contribution in [1.82, 2.24) is 0 Å². The van der Waals surface area contributed by atoms with Crippen LogP contribution in [0.2, 0.25) is 10.0 Å². The molecule has 0 radical (unpaired) electrons. The van der Waals surface area contributed by atoms with E-state index in [1.54, 1.807) is 32.0 Å². The van der Waals surface area contributed by atoms with Crippen molar-refractivity contribution in [2.45, 2.75) is 26.3 Å². The van der Waals surface area contributed by atoms with Crippen LogP contribution >= 0.6 is 23.2 Å². The number of esters is 2. The summed E-state index contributed by atoms with van der Waals surface area (Å²) in [5.74, 6) is -1.17. The maximum atomic E-state index is 13.2. The molecule has 1 aliphatic heterocycles. The molecular formula is C22H23Cl2NO4. The van der Waals surface area contributed by atoms with E-state index in [4.69, 9.17) is 32.7 Å². The topological polar surface area (TPSA) is 55.8 Å². The second-order valence-electron chi connectivity index (χ2n) is 6.76. The molecule has 2 aromatic rings. The number of benzene rings is 2. The highest BCUT2D eigenvalue weighted by atomic mass is 35.5. The van der Waals surface area contributed by atoms with Gasteiger partial charge in [-0.15, -0.1) is 0 Å². The van der Waals surface area contributed by atoms with Crippen LogP contribution in [-0.2, 0) is 19.1 Å². The van der Waals surface area contributed by atoms with Crippen molar-refractivity contribution in [2.24, 2.45) is 5.41 Å². The van der Waals surface area contributed by atoms with Gasteiger partial charge in [-0.05, 0) is 44.0 Å². The van der Waals surface area contributed by atoms with Crippen molar-refractivity contribution in [1.29, 1.82) is 0 Å². The summed E-state index contributed by atoms with van der Waals surface area (Å²) in [5.41, 5.74) is 0.00795. The van der Waals surface area contributed by atoms with E-state index in [2.05, 4.69) is 0 Å². The lowest BCUT2D eigenvalue weighted by Gasteiger charge is -2.36. The van der Waals surface area contributed by atoms with Gasteiger partial charge in [0.25, 0.3) is 0 Å². The molecule has 3 rings (SSSR count). The zero-order chi connectivity index (χ0) is 21.0. The van der Waals surface area contributed by atoms with Crippen LogP contribution in [0, 0.1) is 5.41 Å². The van der Waals surface area contributed by atoms with Crippen LogP contribution in [0.3, 0.4) is 0 Å². The summed E-state index contributed by atoms with van der Waals surface area (Å²) in [5, 5.41) is 0.957.